The zero-order valence-electron chi connectivity index (χ0n) is 17.7. The molecule has 0 radical (unpaired) electrons. The van der Waals surface area contributed by atoms with Gasteiger partial charge in [-0.15, -0.1) is 0 Å². The summed E-state index contributed by atoms with van der Waals surface area (Å²) in [6.07, 6.45) is 1.41. The van der Waals surface area contributed by atoms with Gasteiger partial charge < -0.3 is 14.6 Å². The molecule has 2 amide bonds. The molecule has 10 heteroatoms. The lowest BCUT2D eigenvalue weighted by Crippen LogP contribution is -2.34. The number of likely N-dealkylation sites (tertiary alicyclic amines) is 1. The van der Waals surface area contributed by atoms with Gasteiger partial charge in [0, 0.05) is 36.0 Å². The normalized spacial score (nSPS) is 15.6. The smallest absolute Gasteiger partial charge is 0.322 e. The number of oxazole rings is 1. The standard InChI is InChI=1S/C24H18F2N4O4/c25-15-4-9-18(19(26)13-15)14-3-10-22-20(12-14)28-23(34-22)21-2-1-11-29(21)24(31)27-16-5-7-17(8-6-16)30(32)33/h3-10,12-13,21H,1-2,11H2,(H,27,31). The molecule has 3 aromatic carbocycles. The van der Waals surface area contributed by atoms with Crippen LogP contribution in [0.15, 0.2) is 65.1 Å². The second kappa shape index (κ2) is 8.54. The number of hydrogen-bond acceptors (Lipinski definition) is 5. The fourth-order valence-corrected chi connectivity index (χ4v) is 4.11. The predicted octanol–water partition coefficient (Wildman–Crippen LogP) is 6.05. The Morgan fingerprint density at radius 2 is 1.91 bits per heavy atom. The Morgan fingerprint density at radius 3 is 2.65 bits per heavy atom. The molecule has 1 unspecified atom stereocenters. The first-order valence-corrected chi connectivity index (χ1v) is 10.6. The Kier molecular flexibility index (Phi) is 5.40. The lowest BCUT2D eigenvalue weighted by molar-refractivity contribution is -0.384. The van der Waals surface area contributed by atoms with Crippen molar-refractivity contribution in [1.82, 2.24) is 9.88 Å². The second-order valence-corrected chi connectivity index (χ2v) is 7.94. The van der Waals surface area contributed by atoms with E-state index in [4.69, 9.17) is 4.42 Å². The number of rotatable bonds is 4. The summed E-state index contributed by atoms with van der Waals surface area (Å²) in [6, 6.07) is 13.2. The molecule has 1 fully saturated rings. The summed E-state index contributed by atoms with van der Waals surface area (Å²) < 4.78 is 33.4. The number of nitro benzene ring substituents is 1. The van der Waals surface area contributed by atoms with Crippen LogP contribution in [0, 0.1) is 21.7 Å². The van der Waals surface area contributed by atoms with E-state index in [1.165, 1.54) is 36.4 Å². The molecule has 0 saturated carbocycles. The maximum atomic E-state index is 14.2. The van der Waals surface area contributed by atoms with E-state index < -0.39 is 22.6 Å². The first-order valence-electron chi connectivity index (χ1n) is 10.6. The van der Waals surface area contributed by atoms with Crippen LogP contribution in [0.2, 0.25) is 0 Å². The predicted molar refractivity (Wildman–Crippen MR) is 120 cm³/mol. The number of nitro groups is 1. The average molecular weight is 464 g/mol. The molecule has 0 bridgehead atoms. The molecule has 0 spiro atoms. The number of carbonyl (C=O) groups excluding carboxylic acids is 1. The number of fused-ring (bicyclic) bond motifs is 1. The first-order chi connectivity index (χ1) is 16.4. The first kappa shape index (κ1) is 21.5. The fraction of sp³-hybridized carbons (Fsp3) is 0.167. The van der Waals surface area contributed by atoms with Crippen LogP contribution in [0.5, 0.6) is 0 Å². The molecule has 1 N–H and O–H groups in total. The van der Waals surface area contributed by atoms with Gasteiger partial charge in [0.05, 0.1) is 4.92 Å². The SMILES string of the molecule is O=C(Nc1ccc([N+](=O)[O-])cc1)N1CCCC1c1nc2cc(-c3ccc(F)cc3F)ccc2o1. The van der Waals surface area contributed by atoms with Crippen molar-refractivity contribution >= 4 is 28.5 Å². The van der Waals surface area contributed by atoms with Crippen molar-refractivity contribution < 1.29 is 22.9 Å². The molecule has 4 aromatic rings. The lowest BCUT2D eigenvalue weighted by atomic mass is 10.0. The number of urea groups is 1. The van der Waals surface area contributed by atoms with Gasteiger partial charge in [0.15, 0.2) is 5.58 Å². The highest BCUT2D eigenvalue weighted by Gasteiger charge is 2.33. The van der Waals surface area contributed by atoms with Crippen molar-refractivity contribution in [2.24, 2.45) is 0 Å². The molecule has 1 aliphatic heterocycles. The lowest BCUT2D eigenvalue weighted by Gasteiger charge is -2.22. The number of benzene rings is 3. The topological polar surface area (TPSA) is 102 Å². The average Bonchev–Trinajstić information content (AvgIpc) is 3.46. The third-order valence-corrected chi connectivity index (χ3v) is 5.77. The van der Waals surface area contributed by atoms with Gasteiger partial charge in [0.1, 0.15) is 23.2 Å². The molecule has 5 rings (SSSR count). The van der Waals surface area contributed by atoms with Gasteiger partial charge in [-0.05, 0) is 54.8 Å². The number of non-ortho nitro benzene ring substituents is 1. The van der Waals surface area contributed by atoms with E-state index in [1.807, 2.05) is 0 Å². The summed E-state index contributed by atoms with van der Waals surface area (Å²) in [5.74, 6) is -0.963. The van der Waals surface area contributed by atoms with Crippen LogP contribution in [0.25, 0.3) is 22.2 Å². The third kappa shape index (κ3) is 4.05. The summed E-state index contributed by atoms with van der Waals surface area (Å²) >= 11 is 0. The molecular weight excluding hydrogens is 446 g/mol. The highest BCUT2D eigenvalue weighted by molar-refractivity contribution is 5.90. The number of halogens is 2. The molecule has 1 atom stereocenters. The number of amides is 2. The van der Waals surface area contributed by atoms with Crippen molar-refractivity contribution in [3.63, 3.8) is 0 Å². The van der Waals surface area contributed by atoms with Gasteiger partial charge in [-0.2, -0.15) is 0 Å². The maximum Gasteiger partial charge on any atom is 0.322 e. The quantitative estimate of drug-likeness (QED) is 0.293. The number of carbonyl (C=O) groups is 1. The van der Waals surface area contributed by atoms with E-state index in [0.29, 0.717) is 41.2 Å². The monoisotopic (exact) mass is 464 g/mol. The Hall–Kier alpha value is -4.34. The summed E-state index contributed by atoms with van der Waals surface area (Å²) in [5.41, 5.74) is 2.14. The Labute approximate surface area is 192 Å². The Balaban J connectivity index is 1.37. The summed E-state index contributed by atoms with van der Waals surface area (Å²) in [4.78, 5) is 29.3. The van der Waals surface area contributed by atoms with Crippen LogP contribution < -0.4 is 5.32 Å². The van der Waals surface area contributed by atoms with Crippen molar-refractivity contribution in [3.8, 4) is 11.1 Å². The zero-order valence-corrected chi connectivity index (χ0v) is 17.7. The van der Waals surface area contributed by atoms with Crippen molar-refractivity contribution in [2.45, 2.75) is 18.9 Å². The van der Waals surface area contributed by atoms with Gasteiger partial charge in [-0.25, -0.2) is 18.6 Å². The van der Waals surface area contributed by atoms with Gasteiger partial charge in [-0.3, -0.25) is 10.1 Å². The van der Waals surface area contributed by atoms with Gasteiger partial charge in [-0.1, -0.05) is 6.07 Å². The molecular formula is C24H18F2N4O4. The van der Waals surface area contributed by atoms with Crippen LogP contribution >= 0.6 is 0 Å². The molecule has 1 saturated heterocycles. The Bertz CT molecular complexity index is 1400. The minimum Gasteiger partial charge on any atom is -0.438 e. The molecule has 0 aliphatic carbocycles. The minimum absolute atomic E-state index is 0.0663. The number of aromatic nitrogens is 1. The van der Waals surface area contributed by atoms with Gasteiger partial charge in [0.25, 0.3) is 5.69 Å². The minimum atomic E-state index is -0.673. The molecule has 1 aromatic heterocycles. The zero-order chi connectivity index (χ0) is 23.8. The third-order valence-electron chi connectivity index (χ3n) is 5.77. The number of anilines is 1. The molecule has 2 heterocycles. The maximum absolute atomic E-state index is 14.2. The molecule has 1 aliphatic rings. The summed E-state index contributed by atoms with van der Waals surface area (Å²) in [5, 5.41) is 13.6. The number of nitrogens with one attached hydrogen (secondary N) is 1. The fourth-order valence-electron chi connectivity index (χ4n) is 4.11. The molecule has 34 heavy (non-hydrogen) atoms. The summed E-state index contributed by atoms with van der Waals surface area (Å²) in [6.45, 7) is 0.494. The van der Waals surface area contributed by atoms with Crippen LogP contribution in [0.1, 0.15) is 24.8 Å². The highest BCUT2D eigenvalue weighted by atomic mass is 19.1. The largest absolute Gasteiger partial charge is 0.438 e. The molecule has 8 nitrogen and oxygen atoms in total. The van der Waals surface area contributed by atoms with Crippen molar-refractivity contribution in [3.05, 3.63) is 88.3 Å². The second-order valence-electron chi connectivity index (χ2n) is 7.94. The van der Waals surface area contributed by atoms with E-state index in [-0.39, 0.29) is 17.3 Å². The van der Waals surface area contributed by atoms with E-state index in [2.05, 4.69) is 10.3 Å². The van der Waals surface area contributed by atoms with Crippen molar-refractivity contribution in [2.75, 3.05) is 11.9 Å². The number of hydrogen-bond donors (Lipinski definition) is 1. The van der Waals surface area contributed by atoms with Crippen molar-refractivity contribution in [1.29, 1.82) is 0 Å². The number of nitrogens with zero attached hydrogens (tertiary/aromatic N) is 3. The van der Waals surface area contributed by atoms with E-state index >= 15 is 0 Å². The summed E-state index contributed by atoms with van der Waals surface area (Å²) in [7, 11) is 0. The van der Waals surface area contributed by atoms with Crippen LogP contribution in [0.4, 0.5) is 25.0 Å². The Morgan fingerprint density at radius 1 is 1.12 bits per heavy atom. The van der Waals surface area contributed by atoms with Gasteiger partial charge >= 0.3 is 6.03 Å². The van der Waals surface area contributed by atoms with Crippen LogP contribution in [-0.4, -0.2) is 27.4 Å². The van der Waals surface area contributed by atoms with Crippen LogP contribution in [-0.2, 0) is 0 Å². The molecule has 172 valence electrons. The van der Waals surface area contributed by atoms with Gasteiger partial charge in [0.2, 0.25) is 5.89 Å². The van der Waals surface area contributed by atoms with E-state index in [1.54, 1.807) is 23.1 Å². The van der Waals surface area contributed by atoms with Crippen LogP contribution in [0.3, 0.4) is 0 Å². The van der Waals surface area contributed by atoms with E-state index in [9.17, 15) is 23.7 Å². The van der Waals surface area contributed by atoms with E-state index in [0.717, 1.165) is 12.5 Å². The highest BCUT2D eigenvalue weighted by Crippen LogP contribution is 2.35.